The van der Waals surface area contributed by atoms with Crippen LogP contribution in [0.1, 0.15) is 37.6 Å². The summed E-state index contributed by atoms with van der Waals surface area (Å²) in [6, 6.07) is 15.2. The molecule has 1 aromatic heterocycles. The lowest BCUT2D eigenvalue weighted by Gasteiger charge is -2.16. The molecule has 0 N–H and O–H groups in total. The van der Waals surface area contributed by atoms with Gasteiger partial charge in [0.1, 0.15) is 5.75 Å². The Bertz CT molecular complexity index is 999. The van der Waals surface area contributed by atoms with Gasteiger partial charge in [-0.1, -0.05) is 42.7 Å². The van der Waals surface area contributed by atoms with E-state index in [2.05, 4.69) is 24.0 Å². The fourth-order valence-corrected chi connectivity index (χ4v) is 3.51. The number of rotatable bonds is 7. The van der Waals surface area contributed by atoms with Crippen LogP contribution in [0.4, 0.5) is 0 Å². The topological polar surface area (TPSA) is 68.5 Å². The van der Waals surface area contributed by atoms with Gasteiger partial charge in [-0.2, -0.15) is 4.98 Å². The Labute approximate surface area is 180 Å². The highest BCUT2D eigenvalue weighted by Gasteiger charge is 2.34. The lowest BCUT2D eigenvalue weighted by molar-refractivity contribution is -0.128. The first-order valence-corrected chi connectivity index (χ1v) is 10.4. The number of hydrogen-bond acceptors (Lipinski definition) is 5. The average Bonchev–Trinajstić information content (AvgIpc) is 3.36. The molecule has 0 bridgehead atoms. The van der Waals surface area contributed by atoms with E-state index in [9.17, 15) is 4.79 Å². The summed E-state index contributed by atoms with van der Waals surface area (Å²) in [5, 5.41) is 4.79. The highest BCUT2D eigenvalue weighted by molar-refractivity contribution is 6.30. The average molecular weight is 426 g/mol. The van der Waals surface area contributed by atoms with Crippen molar-refractivity contribution >= 4 is 17.5 Å². The van der Waals surface area contributed by atoms with Crippen LogP contribution in [-0.4, -0.2) is 34.1 Å². The van der Waals surface area contributed by atoms with E-state index in [0.29, 0.717) is 48.8 Å². The first kappa shape index (κ1) is 20.4. The van der Waals surface area contributed by atoms with Crippen molar-refractivity contribution in [2.24, 2.45) is 5.92 Å². The van der Waals surface area contributed by atoms with Crippen molar-refractivity contribution in [2.45, 2.75) is 32.7 Å². The van der Waals surface area contributed by atoms with Crippen molar-refractivity contribution in [3.05, 3.63) is 65.0 Å². The quantitative estimate of drug-likeness (QED) is 0.536. The first-order chi connectivity index (χ1) is 14.5. The van der Waals surface area contributed by atoms with Gasteiger partial charge in [-0.05, 0) is 47.9 Å². The molecule has 1 aliphatic rings. The summed E-state index contributed by atoms with van der Waals surface area (Å²) in [5.41, 5.74) is 1.89. The Morgan fingerprint density at radius 3 is 2.60 bits per heavy atom. The minimum Gasteiger partial charge on any atom is -0.493 e. The molecular weight excluding hydrogens is 402 g/mol. The molecule has 2 heterocycles. The second kappa shape index (κ2) is 8.88. The third kappa shape index (κ3) is 4.82. The smallest absolute Gasteiger partial charge is 0.232 e. The summed E-state index contributed by atoms with van der Waals surface area (Å²) < 4.78 is 11.2. The van der Waals surface area contributed by atoms with Crippen LogP contribution in [0.3, 0.4) is 0 Å². The molecule has 1 fully saturated rings. The van der Waals surface area contributed by atoms with Crippen LogP contribution in [0.25, 0.3) is 11.4 Å². The maximum Gasteiger partial charge on any atom is 0.232 e. The lowest BCUT2D eigenvalue weighted by Crippen LogP contribution is -2.24. The zero-order chi connectivity index (χ0) is 21.1. The minimum atomic E-state index is -0.0975. The molecule has 1 amide bonds. The molecular formula is C23H24ClN3O3. The third-order valence-electron chi connectivity index (χ3n) is 4.99. The third-order valence-corrected chi connectivity index (χ3v) is 5.24. The number of carbonyl (C=O) groups excluding carboxylic acids is 1. The fourth-order valence-electron chi connectivity index (χ4n) is 3.38. The molecule has 1 aliphatic heterocycles. The zero-order valence-corrected chi connectivity index (χ0v) is 17.8. The number of nitrogens with zero attached hydrogens (tertiary/aromatic N) is 3. The number of aromatic nitrogens is 2. The van der Waals surface area contributed by atoms with Crippen molar-refractivity contribution in [1.82, 2.24) is 15.0 Å². The Morgan fingerprint density at radius 2 is 1.90 bits per heavy atom. The van der Waals surface area contributed by atoms with E-state index < -0.39 is 0 Å². The van der Waals surface area contributed by atoms with E-state index >= 15 is 0 Å². The van der Waals surface area contributed by atoms with E-state index in [1.54, 1.807) is 0 Å². The van der Waals surface area contributed by atoms with Crippen molar-refractivity contribution in [2.75, 3.05) is 13.2 Å². The summed E-state index contributed by atoms with van der Waals surface area (Å²) in [7, 11) is 0. The summed E-state index contributed by atoms with van der Waals surface area (Å²) in [4.78, 5) is 18.8. The Hall–Kier alpha value is -2.86. The van der Waals surface area contributed by atoms with Gasteiger partial charge in [-0.15, -0.1) is 0 Å². The van der Waals surface area contributed by atoms with Gasteiger partial charge >= 0.3 is 0 Å². The normalized spacial score (nSPS) is 16.5. The number of amides is 1. The monoisotopic (exact) mass is 425 g/mol. The molecule has 0 saturated carbocycles. The van der Waals surface area contributed by atoms with Crippen molar-refractivity contribution < 1.29 is 14.1 Å². The summed E-state index contributed by atoms with van der Waals surface area (Å²) in [6.45, 7) is 6.00. The second-order valence-corrected chi connectivity index (χ2v) is 8.42. The van der Waals surface area contributed by atoms with Crippen molar-refractivity contribution in [3.8, 4) is 17.1 Å². The summed E-state index contributed by atoms with van der Waals surface area (Å²) >= 11 is 5.93. The van der Waals surface area contributed by atoms with Crippen LogP contribution in [-0.2, 0) is 11.3 Å². The second-order valence-electron chi connectivity index (χ2n) is 7.99. The molecule has 1 unspecified atom stereocenters. The Balaban J connectivity index is 1.40. The standard InChI is InChI=1S/C23H24ClN3O3/c1-15(2)14-29-20-9-5-17(6-10-20)22-25-23(30-26-22)18-11-21(28)27(13-18)12-16-3-7-19(24)8-4-16/h3-10,15,18H,11-14H2,1-2H3. The molecule has 1 saturated heterocycles. The van der Waals surface area contributed by atoms with Crippen LogP contribution in [0.15, 0.2) is 53.1 Å². The Morgan fingerprint density at radius 1 is 1.17 bits per heavy atom. The number of likely N-dealkylation sites (tertiary alicyclic amines) is 1. The van der Waals surface area contributed by atoms with Crippen LogP contribution in [0, 0.1) is 5.92 Å². The van der Waals surface area contributed by atoms with Gasteiger partial charge in [0, 0.05) is 30.1 Å². The van der Waals surface area contributed by atoms with Crippen LogP contribution in [0.5, 0.6) is 5.75 Å². The molecule has 2 aromatic carbocycles. The molecule has 0 radical (unpaired) electrons. The number of carbonyl (C=O) groups is 1. The van der Waals surface area contributed by atoms with Gasteiger partial charge < -0.3 is 14.2 Å². The van der Waals surface area contributed by atoms with Gasteiger partial charge in [-0.3, -0.25) is 4.79 Å². The minimum absolute atomic E-state index is 0.0846. The highest BCUT2D eigenvalue weighted by atomic mass is 35.5. The van der Waals surface area contributed by atoms with E-state index in [-0.39, 0.29) is 11.8 Å². The number of hydrogen-bond donors (Lipinski definition) is 0. The molecule has 6 nitrogen and oxygen atoms in total. The van der Waals surface area contributed by atoms with E-state index in [1.807, 2.05) is 53.4 Å². The summed E-state index contributed by atoms with van der Waals surface area (Å²) in [5.74, 6) is 2.29. The zero-order valence-electron chi connectivity index (χ0n) is 17.0. The number of halogens is 1. The molecule has 7 heteroatoms. The largest absolute Gasteiger partial charge is 0.493 e. The van der Waals surface area contributed by atoms with Crippen LogP contribution < -0.4 is 4.74 Å². The predicted molar refractivity (Wildman–Crippen MR) is 114 cm³/mol. The van der Waals surface area contributed by atoms with Gasteiger partial charge in [0.25, 0.3) is 0 Å². The molecule has 1 atom stereocenters. The van der Waals surface area contributed by atoms with Crippen LogP contribution >= 0.6 is 11.6 Å². The fraction of sp³-hybridized carbons (Fsp3) is 0.348. The molecule has 3 aromatic rings. The maximum absolute atomic E-state index is 12.4. The van der Waals surface area contributed by atoms with E-state index in [4.69, 9.17) is 20.9 Å². The molecule has 30 heavy (non-hydrogen) atoms. The van der Waals surface area contributed by atoms with E-state index in [1.165, 1.54) is 0 Å². The Kier molecular flexibility index (Phi) is 6.04. The maximum atomic E-state index is 12.4. The number of ether oxygens (including phenoxy) is 1. The number of benzene rings is 2. The molecule has 0 aliphatic carbocycles. The molecule has 4 rings (SSSR count). The molecule has 0 spiro atoms. The SMILES string of the molecule is CC(C)COc1ccc(-c2noc(C3CC(=O)N(Cc4ccc(Cl)cc4)C3)n2)cc1. The predicted octanol–water partition coefficient (Wildman–Crippen LogP) is 4.94. The van der Waals surface area contributed by atoms with Gasteiger partial charge in [0.05, 0.1) is 12.5 Å². The van der Waals surface area contributed by atoms with Gasteiger partial charge in [0.2, 0.25) is 17.6 Å². The highest BCUT2D eigenvalue weighted by Crippen LogP contribution is 2.30. The first-order valence-electron chi connectivity index (χ1n) is 10.1. The summed E-state index contributed by atoms with van der Waals surface area (Å²) in [6.07, 6.45) is 0.372. The van der Waals surface area contributed by atoms with Gasteiger partial charge in [0.15, 0.2) is 0 Å². The van der Waals surface area contributed by atoms with Crippen molar-refractivity contribution in [1.29, 1.82) is 0 Å². The van der Waals surface area contributed by atoms with Gasteiger partial charge in [-0.25, -0.2) is 0 Å². The van der Waals surface area contributed by atoms with E-state index in [0.717, 1.165) is 16.9 Å². The molecule has 156 valence electrons. The lowest BCUT2D eigenvalue weighted by atomic mass is 10.1. The van der Waals surface area contributed by atoms with Crippen LogP contribution in [0.2, 0.25) is 5.02 Å². The van der Waals surface area contributed by atoms with Crippen molar-refractivity contribution in [3.63, 3.8) is 0 Å².